The first-order valence-corrected chi connectivity index (χ1v) is 7.61. The maximum absolute atomic E-state index is 5.73. The van der Waals surface area contributed by atoms with E-state index < -0.39 is 0 Å². The Morgan fingerprint density at radius 2 is 2.00 bits per heavy atom. The Hall–Kier alpha value is -1.02. The average molecular weight is 261 g/mol. The number of ether oxygens (including phenoxy) is 1. The summed E-state index contributed by atoms with van der Waals surface area (Å²) < 4.78 is 5.73. The molecule has 4 unspecified atom stereocenters. The number of hydrogen-bond donors (Lipinski definition) is 1. The molecule has 0 aliphatic heterocycles. The molecular weight excluding hydrogens is 234 g/mol. The lowest BCUT2D eigenvalue weighted by Crippen LogP contribution is -2.34. The molecule has 2 nitrogen and oxygen atoms in total. The van der Waals surface area contributed by atoms with E-state index >= 15 is 0 Å². The lowest BCUT2D eigenvalue weighted by molar-refractivity contribution is 0.319. The van der Waals surface area contributed by atoms with Crippen LogP contribution in [0.4, 0.5) is 0 Å². The molecule has 1 fully saturated rings. The van der Waals surface area contributed by atoms with Crippen molar-refractivity contribution in [3.63, 3.8) is 0 Å². The molecule has 0 amide bonds. The highest BCUT2D eigenvalue weighted by Gasteiger charge is 2.30. The molecule has 1 saturated carbocycles. The minimum Gasteiger partial charge on any atom is -0.494 e. The topological polar surface area (TPSA) is 21.3 Å². The first-order valence-electron chi connectivity index (χ1n) is 7.61. The zero-order chi connectivity index (χ0) is 13.8. The van der Waals surface area contributed by atoms with Gasteiger partial charge >= 0.3 is 0 Å². The van der Waals surface area contributed by atoms with Crippen LogP contribution in [-0.4, -0.2) is 12.6 Å². The molecule has 0 bridgehead atoms. The van der Waals surface area contributed by atoms with Crippen LogP contribution in [0.5, 0.6) is 5.75 Å². The summed E-state index contributed by atoms with van der Waals surface area (Å²) >= 11 is 0. The van der Waals surface area contributed by atoms with Crippen molar-refractivity contribution in [2.45, 2.75) is 52.6 Å². The first kappa shape index (κ1) is 14.4. The normalized spacial score (nSPS) is 28.3. The van der Waals surface area contributed by atoms with E-state index in [9.17, 15) is 0 Å². The Balaban J connectivity index is 2.05. The van der Waals surface area contributed by atoms with Crippen LogP contribution < -0.4 is 10.1 Å². The third kappa shape index (κ3) is 3.30. The molecule has 0 aromatic heterocycles. The van der Waals surface area contributed by atoms with Crippen molar-refractivity contribution in [3.8, 4) is 5.75 Å². The van der Waals surface area contributed by atoms with Crippen molar-refractivity contribution in [2.24, 2.45) is 11.8 Å². The lowest BCUT2D eigenvalue weighted by atomic mass is 9.96. The second-order valence-electron chi connectivity index (χ2n) is 5.88. The number of rotatable bonds is 5. The van der Waals surface area contributed by atoms with Crippen LogP contribution in [-0.2, 0) is 0 Å². The smallest absolute Gasteiger partial charge is 0.124 e. The molecule has 0 spiro atoms. The van der Waals surface area contributed by atoms with Gasteiger partial charge in [0.15, 0.2) is 0 Å². The van der Waals surface area contributed by atoms with Gasteiger partial charge in [-0.15, -0.1) is 0 Å². The highest BCUT2D eigenvalue weighted by Crippen LogP contribution is 2.33. The summed E-state index contributed by atoms with van der Waals surface area (Å²) in [6, 6.07) is 9.36. The van der Waals surface area contributed by atoms with Crippen LogP contribution in [0.15, 0.2) is 24.3 Å². The van der Waals surface area contributed by atoms with E-state index in [-0.39, 0.29) is 0 Å². The van der Waals surface area contributed by atoms with Gasteiger partial charge in [-0.25, -0.2) is 0 Å². The van der Waals surface area contributed by atoms with Crippen molar-refractivity contribution in [1.82, 2.24) is 5.32 Å². The molecular formula is C17H27NO. The molecule has 4 atom stereocenters. The Morgan fingerprint density at radius 1 is 1.26 bits per heavy atom. The summed E-state index contributed by atoms with van der Waals surface area (Å²) in [4.78, 5) is 0. The minimum atomic E-state index is 0.348. The Labute approximate surface area is 117 Å². The number of para-hydroxylation sites is 1. The van der Waals surface area contributed by atoms with E-state index in [0.29, 0.717) is 12.1 Å². The Kier molecular flexibility index (Phi) is 4.87. The largest absolute Gasteiger partial charge is 0.494 e. The summed E-state index contributed by atoms with van der Waals surface area (Å²) in [6.45, 7) is 9.74. The van der Waals surface area contributed by atoms with Gasteiger partial charge < -0.3 is 10.1 Å². The van der Waals surface area contributed by atoms with Crippen LogP contribution in [0.2, 0.25) is 0 Å². The first-order chi connectivity index (χ1) is 9.13. The average Bonchev–Trinajstić information content (AvgIpc) is 2.72. The van der Waals surface area contributed by atoms with E-state index in [1.165, 1.54) is 18.4 Å². The maximum atomic E-state index is 5.73. The predicted octanol–water partition coefficient (Wildman–Crippen LogP) is 4.17. The third-order valence-corrected chi connectivity index (χ3v) is 4.61. The van der Waals surface area contributed by atoms with Crippen LogP contribution in [0.25, 0.3) is 0 Å². The second kappa shape index (κ2) is 6.42. The van der Waals surface area contributed by atoms with Crippen LogP contribution in [0, 0.1) is 11.8 Å². The quantitative estimate of drug-likeness (QED) is 0.859. The molecule has 1 aromatic carbocycles. The molecule has 0 saturated heterocycles. The van der Waals surface area contributed by atoms with Crippen molar-refractivity contribution in [3.05, 3.63) is 29.8 Å². The lowest BCUT2D eigenvalue weighted by Gasteiger charge is -2.25. The molecule has 2 heteroatoms. The second-order valence-corrected chi connectivity index (χ2v) is 5.88. The van der Waals surface area contributed by atoms with Crippen LogP contribution in [0.1, 0.15) is 52.1 Å². The Morgan fingerprint density at radius 3 is 2.63 bits per heavy atom. The SMILES string of the molecule is CCOc1ccccc1C(C)NC1CCC(C)C1C. The van der Waals surface area contributed by atoms with Crippen LogP contribution >= 0.6 is 0 Å². The number of nitrogens with one attached hydrogen (secondary N) is 1. The van der Waals surface area contributed by atoms with Crippen molar-refractivity contribution in [1.29, 1.82) is 0 Å². The Bertz CT molecular complexity index is 404. The zero-order valence-electron chi connectivity index (χ0n) is 12.6. The monoisotopic (exact) mass is 261 g/mol. The van der Waals surface area contributed by atoms with Crippen LogP contribution in [0.3, 0.4) is 0 Å². The van der Waals surface area contributed by atoms with E-state index in [0.717, 1.165) is 24.2 Å². The summed E-state index contributed by atoms with van der Waals surface area (Å²) in [5, 5.41) is 3.79. The summed E-state index contributed by atoms with van der Waals surface area (Å²) in [7, 11) is 0. The summed E-state index contributed by atoms with van der Waals surface area (Å²) in [5.41, 5.74) is 1.27. The zero-order valence-corrected chi connectivity index (χ0v) is 12.6. The van der Waals surface area contributed by atoms with Crippen molar-refractivity contribution < 1.29 is 4.74 Å². The van der Waals surface area contributed by atoms with E-state index in [1.54, 1.807) is 0 Å². The summed E-state index contributed by atoms with van der Waals surface area (Å²) in [6.07, 6.45) is 2.64. The molecule has 106 valence electrons. The molecule has 19 heavy (non-hydrogen) atoms. The van der Waals surface area contributed by atoms with Crippen molar-refractivity contribution >= 4 is 0 Å². The predicted molar refractivity (Wildman–Crippen MR) is 80.5 cm³/mol. The fourth-order valence-corrected chi connectivity index (χ4v) is 3.14. The number of benzene rings is 1. The van der Waals surface area contributed by atoms with E-state index in [2.05, 4.69) is 44.3 Å². The number of hydrogen-bond acceptors (Lipinski definition) is 2. The van der Waals surface area contributed by atoms with E-state index in [4.69, 9.17) is 4.74 Å². The molecule has 1 N–H and O–H groups in total. The standard InChI is InChI=1S/C17H27NO/c1-5-19-17-9-7-6-8-15(17)14(4)18-16-11-10-12(2)13(16)3/h6-9,12-14,16,18H,5,10-11H2,1-4H3. The van der Waals surface area contributed by atoms with E-state index in [1.807, 2.05) is 13.0 Å². The van der Waals surface area contributed by atoms with Gasteiger partial charge in [-0.05, 0) is 44.6 Å². The molecule has 0 radical (unpaired) electrons. The summed E-state index contributed by atoms with van der Waals surface area (Å²) in [5.74, 6) is 2.62. The highest BCUT2D eigenvalue weighted by molar-refractivity contribution is 5.35. The fourth-order valence-electron chi connectivity index (χ4n) is 3.14. The van der Waals surface area contributed by atoms with Gasteiger partial charge in [-0.2, -0.15) is 0 Å². The van der Waals surface area contributed by atoms with Gasteiger partial charge in [-0.3, -0.25) is 0 Å². The van der Waals surface area contributed by atoms with Gasteiger partial charge in [-0.1, -0.05) is 32.0 Å². The van der Waals surface area contributed by atoms with Gasteiger partial charge in [0.2, 0.25) is 0 Å². The molecule has 2 rings (SSSR count). The van der Waals surface area contributed by atoms with Gasteiger partial charge in [0.05, 0.1) is 6.61 Å². The minimum absolute atomic E-state index is 0.348. The fraction of sp³-hybridized carbons (Fsp3) is 0.647. The van der Waals surface area contributed by atoms with Crippen molar-refractivity contribution in [2.75, 3.05) is 6.61 Å². The van der Waals surface area contributed by atoms with Gasteiger partial charge in [0, 0.05) is 17.6 Å². The molecule has 1 aromatic rings. The maximum Gasteiger partial charge on any atom is 0.124 e. The molecule has 0 heterocycles. The van der Waals surface area contributed by atoms with Gasteiger partial charge in [0.25, 0.3) is 0 Å². The molecule has 1 aliphatic carbocycles. The highest BCUT2D eigenvalue weighted by atomic mass is 16.5. The molecule has 1 aliphatic rings. The van der Waals surface area contributed by atoms with Gasteiger partial charge in [0.1, 0.15) is 5.75 Å². The third-order valence-electron chi connectivity index (χ3n) is 4.61.